The second kappa shape index (κ2) is 4.40. The van der Waals surface area contributed by atoms with E-state index in [0.717, 1.165) is 0 Å². The third-order valence-corrected chi connectivity index (χ3v) is 1.81. The highest BCUT2D eigenvalue weighted by atomic mass is 19.4. The molecule has 0 aliphatic carbocycles. The number of alkyl halides is 6. The first-order chi connectivity index (χ1) is 6.95. The van der Waals surface area contributed by atoms with Gasteiger partial charge >= 0.3 is 12.4 Å². The SMILES string of the molecule is C=C(NNC)NC(C)(C(F)(F)F)C(F)(F)F. The molecule has 0 fully saturated rings. The zero-order valence-electron chi connectivity index (χ0n) is 8.47. The van der Waals surface area contributed by atoms with Gasteiger partial charge in [-0.3, -0.25) is 0 Å². The summed E-state index contributed by atoms with van der Waals surface area (Å²) in [5, 5.41) is 1.26. The number of hydrogen-bond acceptors (Lipinski definition) is 3. The van der Waals surface area contributed by atoms with E-state index in [1.807, 2.05) is 5.43 Å². The lowest BCUT2D eigenvalue weighted by Crippen LogP contribution is -2.65. The Balaban J connectivity index is 5.06. The molecule has 0 saturated heterocycles. The van der Waals surface area contributed by atoms with E-state index in [0.29, 0.717) is 0 Å². The Morgan fingerprint density at radius 1 is 1.00 bits per heavy atom. The molecule has 9 heteroatoms. The summed E-state index contributed by atoms with van der Waals surface area (Å²) in [5.74, 6) is -0.639. The lowest BCUT2D eigenvalue weighted by atomic mass is 10.0. The van der Waals surface area contributed by atoms with Crippen molar-refractivity contribution in [1.29, 1.82) is 0 Å². The summed E-state index contributed by atoms with van der Waals surface area (Å²) >= 11 is 0. The molecule has 0 amide bonds. The van der Waals surface area contributed by atoms with Gasteiger partial charge < -0.3 is 10.7 Å². The van der Waals surface area contributed by atoms with Crippen LogP contribution in [0.15, 0.2) is 12.4 Å². The van der Waals surface area contributed by atoms with E-state index in [9.17, 15) is 26.3 Å². The van der Waals surface area contributed by atoms with Crippen LogP contribution in [0.5, 0.6) is 0 Å². The normalized spacial score (nSPS) is 13.5. The Labute approximate surface area is 87.9 Å². The Bertz CT molecular complexity index is 242. The van der Waals surface area contributed by atoms with Crippen molar-refractivity contribution in [2.24, 2.45) is 0 Å². The summed E-state index contributed by atoms with van der Waals surface area (Å²) in [5.41, 5.74) is 0.0814. The lowest BCUT2D eigenvalue weighted by molar-refractivity contribution is -0.299. The van der Waals surface area contributed by atoms with Gasteiger partial charge in [-0.05, 0) is 6.92 Å². The van der Waals surface area contributed by atoms with Gasteiger partial charge in [0.15, 0.2) is 0 Å². The molecule has 0 unspecified atom stereocenters. The molecule has 0 rings (SSSR count). The van der Waals surface area contributed by atoms with E-state index in [1.165, 1.54) is 12.4 Å². The molecule has 0 aromatic heterocycles. The van der Waals surface area contributed by atoms with Crippen molar-refractivity contribution < 1.29 is 26.3 Å². The zero-order valence-corrected chi connectivity index (χ0v) is 8.47. The summed E-state index contributed by atoms with van der Waals surface area (Å²) in [6.07, 6.45) is -11.0. The minimum Gasteiger partial charge on any atom is -0.350 e. The predicted molar refractivity (Wildman–Crippen MR) is 45.0 cm³/mol. The molecule has 0 spiro atoms. The van der Waals surface area contributed by atoms with Crippen LogP contribution in [0.4, 0.5) is 26.3 Å². The zero-order chi connectivity index (χ0) is 13.2. The van der Waals surface area contributed by atoms with Gasteiger partial charge in [0.2, 0.25) is 5.54 Å². The van der Waals surface area contributed by atoms with Crippen LogP contribution in [0.1, 0.15) is 6.92 Å². The average Bonchev–Trinajstić information content (AvgIpc) is 1.99. The Kier molecular flexibility index (Phi) is 4.09. The standard InChI is InChI=1S/C7H11F6N3/c1-4(16-14-3)15-5(2,6(8,9)10)7(11,12)13/h14-16H,1H2,2-3H3. The molecule has 0 saturated carbocycles. The second-order valence-electron chi connectivity index (χ2n) is 3.10. The summed E-state index contributed by atoms with van der Waals surface area (Å²) < 4.78 is 74.0. The van der Waals surface area contributed by atoms with Gasteiger partial charge in [-0.15, -0.1) is 0 Å². The fraction of sp³-hybridized carbons (Fsp3) is 0.714. The predicted octanol–water partition coefficient (Wildman–Crippen LogP) is 1.65. The highest BCUT2D eigenvalue weighted by Gasteiger charge is 2.68. The van der Waals surface area contributed by atoms with Crippen LogP contribution in [0, 0.1) is 0 Å². The quantitative estimate of drug-likeness (QED) is 0.525. The maximum atomic E-state index is 12.3. The van der Waals surface area contributed by atoms with Gasteiger partial charge in [0.1, 0.15) is 5.82 Å². The van der Waals surface area contributed by atoms with E-state index in [1.54, 1.807) is 0 Å². The number of halogens is 6. The van der Waals surface area contributed by atoms with Crippen molar-refractivity contribution >= 4 is 0 Å². The summed E-state index contributed by atoms with van der Waals surface area (Å²) in [7, 11) is 1.27. The maximum absolute atomic E-state index is 12.3. The molecule has 0 heterocycles. The molecule has 0 aromatic rings. The molecular formula is C7H11F6N3. The molecule has 0 aliphatic rings. The number of hydrazine groups is 1. The fourth-order valence-corrected chi connectivity index (χ4v) is 0.786. The van der Waals surface area contributed by atoms with Gasteiger partial charge in [-0.2, -0.15) is 26.3 Å². The fourth-order valence-electron chi connectivity index (χ4n) is 0.786. The molecule has 3 N–H and O–H groups in total. The third-order valence-electron chi connectivity index (χ3n) is 1.81. The molecule has 16 heavy (non-hydrogen) atoms. The molecule has 0 aliphatic heterocycles. The van der Waals surface area contributed by atoms with E-state index >= 15 is 0 Å². The minimum atomic E-state index is -5.50. The highest BCUT2D eigenvalue weighted by Crippen LogP contribution is 2.42. The monoisotopic (exact) mass is 251 g/mol. The smallest absolute Gasteiger partial charge is 0.350 e. The number of nitrogens with one attached hydrogen (secondary N) is 3. The Morgan fingerprint density at radius 2 is 1.38 bits per heavy atom. The molecule has 3 nitrogen and oxygen atoms in total. The lowest BCUT2D eigenvalue weighted by Gasteiger charge is -2.35. The van der Waals surface area contributed by atoms with Crippen LogP contribution < -0.4 is 16.2 Å². The first-order valence-electron chi connectivity index (χ1n) is 3.99. The van der Waals surface area contributed by atoms with Crippen molar-refractivity contribution in [3.63, 3.8) is 0 Å². The van der Waals surface area contributed by atoms with E-state index in [4.69, 9.17) is 0 Å². The van der Waals surface area contributed by atoms with Gasteiger partial charge in [0, 0.05) is 7.05 Å². The largest absolute Gasteiger partial charge is 0.420 e. The molecule has 0 atom stereocenters. The van der Waals surface area contributed by atoms with Crippen molar-refractivity contribution in [3.05, 3.63) is 12.4 Å². The minimum absolute atomic E-state index is 0.00444. The summed E-state index contributed by atoms with van der Waals surface area (Å²) in [6.45, 7) is 2.97. The van der Waals surface area contributed by atoms with E-state index in [2.05, 4.69) is 12.0 Å². The van der Waals surface area contributed by atoms with Crippen LogP contribution in [0.3, 0.4) is 0 Å². The molecule has 96 valence electrons. The van der Waals surface area contributed by atoms with Crippen molar-refractivity contribution in [2.75, 3.05) is 7.05 Å². The van der Waals surface area contributed by atoms with Crippen molar-refractivity contribution in [3.8, 4) is 0 Å². The van der Waals surface area contributed by atoms with E-state index in [-0.39, 0.29) is 6.92 Å². The van der Waals surface area contributed by atoms with Gasteiger partial charge in [-0.25, -0.2) is 5.43 Å². The van der Waals surface area contributed by atoms with Crippen molar-refractivity contribution in [2.45, 2.75) is 24.8 Å². The summed E-state index contributed by atoms with van der Waals surface area (Å²) in [4.78, 5) is 0. The van der Waals surface area contributed by atoms with Crippen LogP contribution in [-0.2, 0) is 0 Å². The highest BCUT2D eigenvalue weighted by molar-refractivity contribution is 5.05. The van der Waals surface area contributed by atoms with E-state index < -0.39 is 23.7 Å². The van der Waals surface area contributed by atoms with Crippen molar-refractivity contribution in [1.82, 2.24) is 16.2 Å². The van der Waals surface area contributed by atoms with Crippen LogP contribution in [0.25, 0.3) is 0 Å². The van der Waals surface area contributed by atoms with Gasteiger partial charge in [0.05, 0.1) is 0 Å². The Hall–Kier alpha value is -1.12. The third kappa shape index (κ3) is 2.94. The summed E-state index contributed by atoms with van der Waals surface area (Å²) in [6, 6.07) is 0. The van der Waals surface area contributed by atoms with Gasteiger partial charge in [0.25, 0.3) is 0 Å². The number of rotatable bonds is 4. The van der Waals surface area contributed by atoms with Crippen LogP contribution in [0.2, 0.25) is 0 Å². The molecular weight excluding hydrogens is 240 g/mol. The molecule has 0 radical (unpaired) electrons. The topological polar surface area (TPSA) is 36.1 Å². The first-order valence-corrected chi connectivity index (χ1v) is 3.99. The van der Waals surface area contributed by atoms with Crippen LogP contribution >= 0.6 is 0 Å². The Morgan fingerprint density at radius 3 is 1.62 bits per heavy atom. The number of hydrogen-bond donors (Lipinski definition) is 3. The molecule has 0 aromatic carbocycles. The van der Waals surface area contributed by atoms with Crippen LogP contribution in [-0.4, -0.2) is 24.9 Å². The average molecular weight is 251 g/mol. The first kappa shape index (κ1) is 14.9. The second-order valence-corrected chi connectivity index (χ2v) is 3.10. The molecule has 0 bridgehead atoms. The van der Waals surface area contributed by atoms with Gasteiger partial charge in [-0.1, -0.05) is 6.58 Å². The maximum Gasteiger partial charge on any atom is 0.420 e.